The minimum absolute atomic E-state index is 0.00109. The van der Waals surface area contributed by atoms with E-state index >= 15 is 0 Å². The summed E-state index contributed by atoms with van der Waals surface area (Å²) >= 11 is 0. The molecular formula is C14H10F2O3. The monoisotopic (exact) mass is 264 g/mol. The number of hydrogen-bond acceptors (Lipinski definition) is 2. The average Bonchev–Trinajstić information content (AvgIpc) is 2.36. The first-order valence-corrected chi connectivity index (χ1v) is 5.46. The second-order valence-corrected chi connectivity index (χ2v) is 3.90. The van der Waals surface area contributed by atoms with Crippen molar-refractivity contribution in [2.45, 2.75) is 6.61 Å². The summed E-state index contributed by atoms with van der Waals surface area (Å²) in [6.07, 6.45) is 0. The molecule has 2 rings (SSSR count). The highest BCUT2D eigenvalue weighted by atomic mass is 19.1. The Morgan fingerprint density at radius 2 is 1.63 bits per heavy atom. The van der Waals surface area contributed by atoms with Crippen molar-refractivity contribution in [3.05, 3.63) is 65.2 Å². The van der Waals surface area contributed by atoms with Crippen LogP contribution in [0.2, 0.25) is 0 Å². The van der Waals surface area contributed by atoms with E-state index in [-0.39, 0.29) is 12.2 Å². The highest BCUT2D eigenvalue weighted by Gasteiger charge is 2.04. The van der Waals surface area contributed by atoms with Gasteiger partial charge in [-0.15, -0.1) is 0 Å². The first-order valence-electron chi connectivity index (χ1n) is 5.46. The van der Waals surface area contributed by atoms with Crippen LogP contribution in [0.5, 0.6) is 5.75 Å². The molecule has 98 valence electrons. The third-order valence-corrected chi connectivity index (χ3v) is 2.43. The Morgan fingerprint density at radius 3 is 2.16 bits per heavy atom. The molecule has 0 aromatic heterocycles. The molecule has 0 amide bonds. The maximum absolute atomic E-state index is 12.9. The van der Waals surface area contributed by atoms with Gasteiger partial charge in [0, 0.05) is 6.07 Å². The summed E-state index contributed by atoms with van der Waals surface area (Å²) in [5, 5.41) is 8.72. The molecule has 3 nitrogen and oxygen atoms in total. The molecule has 0 aliphatic rings. The van der Waals surface area contributed by atoms with Crippen molar-refractivity contribution in [1.29, 1.82) is 0 Å². The zero-order valence-corrected chi connectivity index (χ0v) is 9.77. The summed E-state index contributed by atoms with van der Waals surface area (Å²) in [5.74, 6) is -1.94. The van der Waals surface area contributed by atoms with Crippen molar-refractivity contribution >= 4 is 5.97 Å². The summed E-state index contributed by atoms with van der Waals surface area (Å²) in [5.41, 5.74) is 0.504. The molecular weight excluding hydrogens is 254 g/mol. The van der Waals surface area contributed by atoms with E-state index < -0.39 is 17.6 Å². The molecule has 0 heterocycles. The molecule has 5 heteroatoms. The summed E-state index contributed by atoms with van der Waals surface area (Å²) in [6.45, 7) is 0.00109. The fraction of sp³-hybridized carbons (Fsp3) is 0.0714. The van der Waals surface area contributed by atoms with Crippen LogP contribution in [0.3, 0.4) is 0 Å². The number of halogens is 2. The molecule has 2 aromatic rings. The molecule has 1 N–H and O–H groups in total. The number of hydrogen-bond donors (Lipinski definition) is 1. The van der Waals surface area contributed by atoms with Gasteiger partial charge in [0.1, 0.15) is 24.0 Å². The van der Waals surface area contributed by atoms with Crippen LogP contribution in [-0.2, 0) is 6.61 Å². The van der Waals surface area contributed by atoms with Gasteiger partial charge in [-0.05, 0) is 42.0 Å². The molecule has 2 aromatic carbocycles. The molecule has 0 unspecified atom stereocenters. The Morgan fingerprint density at radius 1 is 1.05 bits per heavy atom. The predicted molar refractivity (Wildman–Crippen MR) is 64.1 cm³/mol. The molecule has 0 radical (unpaired) electrons. The highest BCUT2D eigenvalue weighted by molar-refractivity contribution is 5.87. The quantitative estimate of drug-likeness (QED) is 0.922. The number of rotatable bonds is 4. The third kappa shape index (κ3) is 3.51. The first-order chi connectivity index (χ1) is 9.04. The van der Waals surface area contributed by atoms with Gasteiger partial charge in [0.25, 0.3) is 0 Å². The molecule has 0 fully saturated rings. The lowest BCUT2D eigenvalue weighted by Gasteiger charge is -2.07. The van der Waals surface area contributed by atoms with Gasteiger partial charge in [-0.3, -0.25) is 0 Å². The van der Waals surface area contributed by atoms with E-state index in [0.29, 0.717) is 11.3 Å². The topological polar surface area (TPSA) is 46.5 Å². The number of aromatic carboxylic acids is 1. The SMILES string of the molecule is O=C(O)c1ccc(OCc2cc(F)cc(F)c2)cc1. The Labute approximate surface area is 108 Å². The highest BCUT2D eigenvalue weighted by Crippen LogP contribution is 2.15. The van der Waals surface area contributed by atoms with Crippen LogP contribution >= 0.6 is 0 Å². The largest absolute Gasteiger partial charge is 0.489 e. The molecule has 0 aliphatic heterocycles. The van der Waals surface area contributed by atoms with Crippen molar-refractivity contribution in [1.82, 2.24) is 0 Å². The van der Waals surface area contributed by atoms with E-state index in [1.165, 1.54) is 36.4 Å². The molecule has 19 heavy (non-hydrogen) atoms. The summed E-state index contributed by atoms with van der Waals surface area (Å²) < 4.78 is 31.2. The second-order valence-electron chi connectivity index (χ2n) is 3.90. The molecule has 0 bridgehead atoms. The van der Waals surface area contributed by atoms with Gasteiger partial charge >= 0.3 is 5.97 Å². The van der Waals surface area contributed by atoms with Crippen LogP contribution in [0, 0.1) is 11.6 Å². The first kappa shape index (κ1) is 13.0. The van der Waals surface area contributed by atoms with E-state index in [1.54, 1.807) is 0 Å². The fourth-order valence-corrected chi connectivity index (χ4v) is 1.55. The zero-order chi connectivity index (χ0) is 13.8. The Bertz CT molecular complexity index is 574. The maximum atomic E-state index is 12.9. The van der Waals surface area contributed by atoms with Crippen LogP contribution in [0.4, 0.5) is 8.78 Å². The molecule has 0 saturated carbocycles. The summed E-state index contributed by atoms with van der Waals surface area (Å²) in [6, 6.07) is 8.89. The number of ether oxygens (including phenoxy) is 1. The van der Waals surface area contributed by atoms with Crippen LogP contribution < -0.4 is 4.74 Å². The minimum Gasteiger partial charge on any atom is -0.489 e. The maximum Gasteiger partial charge on any atom is 0.335 e. The van der Waals surface area contributed by atoms with Crippen molar-refractivity contribution < 1.29 is 23.4 Å². The summed E-state index contributed by atoms with van der Waals surface area (Å²) in [7, 11) is 0. The van der Waals surface area contributed by atoms with E-state index in [2.05, 4.69) is 0 Å². The number of carboxylic acid groups (broad SMARTS) is 1. The van der Waals surface area contributed by atoms with Crippen molar-refractivity contribution in [3.8, 4) is 5.75 Å². The molecule has 0 aliphatic carbocycles. The van der Waals surface area contributed by atoms with Crippen LogP contribution in [0.25, 0.3) is 0 Å². The van der Waals surface area contributed by atoms with Gasteiger partial charge in [-0.2, -0.15) is 0 Å². The van der Waals surface area contributed by atoms with Crippen LogP contribution in [0.15, 0.2) is 42.5 Å². The Hall–Kier alpha value is -2.43. The normalized spacial score (nSPS) is 10.2. The Balaban J connectivity index is 2.03. The van der Waals surface area contributed by atoms with Crippen molar-refractivity contribution in [2.75, 3.05) is 0 Å². The second kappa shape index (κ2) is 5.48. The van der Waals surface area contributed by atoms with E-state index in [4.69, 9.17) is 9.84 Å². The van der Waals surface area contributed by atoms with E-state index in [1.807, 2.05) is 0 Å². The smallest absolute Gasteiger partial charge is 0.335 e. The van der Waals surface area contributed by atoms with Gasteiger partial charge < -0.3 is 9.84 Å². The average molecular weight is 264 g/mol. The van der Waals surface area contributed by atoms with Gasteiger partial charge in [0.2, 0.25) is 0 Å². The van der Waals surface area contributed by atoms with Gasteiger partial charge in [-0.1, -0.05) is 0 Å². The lowest BCUT2D eigenvalue weighted by molar-refractivity contribution is 0.0697. The van der Waals surface area contributed by atoms with Crippen molar-refractivity contribution in [2.24, 2.45) is 0 Å². The fourth-order valence-electron chi connectivity index (χ4n) is 1.55. The van der Waals surface area contributed by atoms with Gasteiger partial charge in [-0.25, -0.2) is 13.6 Å². The Kier molecular flexibility index (Phi) is 3.75. The minimum atomic E-state index is -1.03. The van der Waals surface area contributed by atoms with E-state index in [0.717, 1.165) is 6.07 Å². The van der Waals surface area contributed by atoms with Crippen molar-refractivity contribution in [3.63, 3.8) is 0 Å². The number of carboxylic acids is 1. The lowest BCUT2D eigenvalue weighted by atomic mass is 10.2. The van der Waals surface area contributed by atoms with Crippen LogP contribution in [-0.4, -0.2) is 11.1 Å². The molecule has 0 spiro atoms. The van der Waals surface area contributed by atoms with Gasteiger partial charge in [0.15, 0.2) is 0 Å². The van der Waals surface area contributed by atoms with Crippen LogP contribution in [0.1, 0.15) is 15.9 Å². The standard InChI is InChI=1S/C14H10F2O3/c15-11-5-9(6-12(16)7-11)8-19-13-3-1-10(2-4-13)14(17)18/h1-7H,8H2,(H,17,18). The predicted octanol–water partition coefficient (Wildman–Crippen LogP) is 3.24. The lowest BCUT2D eigenvalue weighted by Crippen LogP contribution is -1.99. The molecule has 0 atom stereocenters. The van der Waals surface area contributed by atoms with E-state index in [9.17, 15) is 13.6 Å². The molecule has 0 saturated heterocycles. The number of carbonyl (C=O) groups is 1. The summed E-state index contributed by atoms with van der Waals surface area (Å²) in [4.78, 5) is 10.6. The van der Waals surface area contributed by atoms with Gasteiger partial charge in [0.05, 0.1) is 5.56 Å². The zero-order valence-electron chi connectivity index (χ0n) is 9.77. The number of benzene rings is 2. The third-order valence-electron chi connectivity index (χ3n) is 2.43.